The minimum Gasteiger partial charge on any atom is -0.489 e. The molecule has 4 rings (SSSR count). The first-order valence-electron chi connectivity index (χ1n) is 9.58. The number of nitrogens with zero attached hydrogens (tertiary/aromatic N) is 3. The van der Waals surface area contributed by atoms with E-state index in [-0.39, 0.29) is 30.9 Å². The van der Waals surface area contributed by atoms with E-state index in [9.17, 15) is 9.18 Å². The highest BCUT2D eigenvalue weighted by atomic mass is 19.1. The van der Waals surface area contributed by atoms with Crippen LogP contribution in [0.2, 0.25) is 0 Å². The van der Waals surface area contributed by atoms with Gasteiger partial charge in [0.25, 0.3) is 5.91 Å². The topological polar surface area (TPSA) is 69.0 Å². The number of carbonyl (C=O) groups excluding carboxylic acids is 1. The molecular formula is C21H23FN4O2. The van der Waals surface area contributed by atoms with Gasteiger partial charge in [0.2, 0.25) is 0 Å². The van der Waals surface area contributed by atoms with E-state index in [0.717, 1.165) is 29.6 Å². The molecule has 1 aromatic carbocycles. The number of hydrogen-bond donors (Lipinski definition) is 1. The number of hydrogen-bond acceptors (Lipinski definition) is 4. The van der Waals surface area contributed by atoms with Crippen LogP contribution in [0.3, 0.4) is 0 Å². The van der Waals surface area contributed by atoms with Crippen molar-refractivity contribution in [3.8, 4) is 5.75 Å². The van der Waals surface area contributed by atoms with Crippen molar-refractivity contribution in [3.05, 3.63) is 53.6 Å². The number of fused-ring (bicyclic) bond motifs is 1. The Bertz CT molecular complexity index is 1010. The second-order valence-corrected chi connectivity index (χ2v) is 7.32. The molecule has 0 unspecified atom stereocenters. The van der Waals surface area contributed by atoms with Crippen molar-refractivity contribution in [1.82, 2.24) is 20.1 Å². The Morgan fingerprint density at radius 1 is 1.36 bits per heavy atom. The Kier molecular flexibility index (Phi) is 4.98. The molecule has 28 heavy (non-hydrogen) atoms. The molecule has 1 N–H and O–H groups in total. The molecule has 1 amide bonds. The van der Waals surface area contributed by atoms with E-state index in [1.165, 1.54) is 6.07 Å². The molecule has 6 nitrogen and oxygen atoms in total. The Hall–Kier alpha value is -2.96. The molecule has 0 spiro atoms. The quantitative estimate of drug-likeness (QED) is 0.631. The molecule has 1 saturated carbocycles. The largest absolute Gasteiger partial charge is 0.489 e. The number of pyridine rings is 1. The average molecular weight is 382 g/mol. The Balaban J connectivity index is 1.49. The second-order valence-electron chi connectivity index (χ2n) is 7.32. The number of nitrogens with one attached hydrogen (secondary N) is 1. The predicted octanol–water partition coefficient (Wildman–Crippen LogP) is 3.84. The highest BCUT2D eigenvalue weighted by Crippen LogP contribution is 2.40. The third-order valence-corrected chi connectivity index (χ3v) is 4.80. The highest BCUT2D eigenvalue weighted by Gasteiger charge is 2.28. The lowest BCUT2D eigenvalue weighted by Gasteiger charge is -2.11. The number of para-hydroxylation sites is 1. The minimum absolute atomic E-state index is 0.157. The van der Waals surface area contributed by atoms with Crippen LogP contribution >= 0.6 is 0 Å². The van der Waals surface area contributed by atoms with Crippen LogP contribution in [0.15, 0.2) is 36.5 Å². The molecule has 0 aliphatic heterocycles. The summed E-state index contributed by atoms with van der Waals surface area (Å²) in [5.41, 5.74) is 2.26. The van der Waals surface area contributed by atoms with E-state index in [4.69, 9.17) is 9.72 Å². The maximum Gasteiger partial charge on any atom is 0.252 e. The van der Waals surface area contributed by atoms with Crippen molar-refractivity contribution in [2.45, 2.75) is 38.6 Å². The van der Waals surface area contributed by atoms with Crippen LogP contribution < -0.4 is 10.1 Å². The zero-order valence-electron chi connectivity index (χ0n) is 16.0. The van der Waals surface area contributed by atoms with Crippen molar-refractivity contribution < 1.29 is 13.9 Å². The van der Waals surface area contributed by atoms with Crippen molar-refractivity contribution in [2.24, 2.45) is 0 Å². The first-order chi connectivity index (χ1) is 13.5. The van der Waals surface area contributed by atoms with Crippen molar-refractivity contribution in [3.63, 3.8) is 0 Å². The second kappa shape index (κ2) is 7.58. The summed E-state index contributed by atoms with van der Waals surface area (Å²) >= 11 is 0. The van der Waals surface area contributed by atoms with Gasteiger partial charge in [-0.3, -0.25) is 4.79 Å². The molecule has 2 heterocycles. The van der Waals surface area contributed by atoms with E-state index in [1.54, 1.807) is 24.4 Å². The fourth-order valence-electron chi connectivity index (χ4n) is 3.17. The van der Waals surface area contributed by atoms with E-state index in [2.05, 4.69) is 10.4 Å². The molecule has 1 aliphatic carbocycles. The van der Waals surface area contributed by atoms with E-state index >= 15 is 0 Å². The zero-order chi connectivity index (χ0) is 19.7. The third-order valence-electron chi connectivity index (χ3n) is 4.80. The van der Waals surface area contributed by atoms with Crippen LogP contribution in [-0.4, -0.2) is 33.8 Å². The number of aromatic nitrogens is 3. The lowest BCUT2D eigenvalue weighted by Crippen LogP contribution is -2.28. The van der Waals surface area contributed by atoms with E-state index in [0.29, 0.717) is 11.5 Å². The van der Waals surface area contributed by atoms with Crippen LogP contribution in [0, 0.1) is 5.82 Å². The molecule has 3 aromatic rings. The van der Waals surface area contributed by atoms with Crippen LogP contribution in [0.5, 0.6) is 5.75 Å². The van der Waals surface area contributed by atoms with Gasteiger partial charge < -0.3 is 10.1 Å². The number of amides is 1. The summed E-state index contributed by atoms with van der Waals surface area (Å²) < 4.78 is 20.8. The van der Waals surface area contributed by atoms with Gasteiger partial charge in [0, 0.05) is 17.7 Å². The summed E-state index contributed by atoms with van der Waals surface area (Å²) in [6.45, 7) is 4.53. The van der Waals surface area contributed by atoms with Gasteiger partial charge in [0.1, 0.15) is 6.61 Å². The molecule has 0 bridgehead atoms. The minimum atomic E-state index is -0.417. The molecule has 146 valence electrons. The number of carbonyl (C=O) groups is 1. The third kappa shape index (κ3) is 3.69. The lowest BCUT2D eigenvalue weighted by atomic mass is 10.1. The van der Waals surface area contributed by atoms with Crippen LogP contribution in [0.25, 0.3) is 11.0 Å². The SMILES string of the molecule is CC(C)n1ncc2c(C(=O)NCCOc3ccccc3F)cc(C3CC3)nc21. The highest BCUT2D eigenvalue weighted by molar-refractivity contribution is 6.05. The first kappa shape index (κ1) is 18.4. The standard InChI is InChI=1S/C21H23FN4O2/c1-13(2)26-20-16(12-24-26)15(11-18(25-20)14-7-8-14)21(27)23-9-10-28-19-6-4-3-5-17(19)22/h3-6,11-14H,7-10H2,1-2H3,(H,23,27). The van der Waals surface area contributed by atoms with Crippen LogP contribution in [-0.2, 0) is 0 Å². The fourth-order valence-corrected chi connectivity index (χ4v) is 3.17. The summed E-state index contributed by atoms with van der Waals surface area (Å²) in [5, 5.41) is 8.01. The molecule has 0 saturated heterocycles. The fraction of sp³-hybridized carbons (Fsp3) is 0.381. The van der Waals surface area contributed by atoms with E-state index < -0.39 is 5.82 Å². The smallest absolute Gasteiger partial charge is 0.252 e. The Morgan fingerprint density at radius 3 is 2.86 bits per heavy atom. The first-order valence-corrected chi connectivity index (χ1v) is 9.58. The Morgan fingerprint density at radius 2 is 2.14 bits per heavy atom. The molecule has 0 atom stereocenters. The number of rotatable bonds is 7. The molecule has 1 fully saturated rings. The maximum atomic E-state index is 13.6. The predicted molar refractivity (Wildman–Crippen MR) is 104 cm³/mol. The van der Waals surface area contributed by atoms with Gasteiger partial charge in [0.15, 0.2) is 17.2 Å². The molecule has 7 heteroatoms. The van der Waals surface area contributed by atoms with Gasteiger partial charge in [-0.1, -0.05) is 12.1 Å². The molecule has 1 aliphatic rings. The van der Waals surface area contributed by atoms with Gasteiger partial charge in [-0.25, -0.2) is 14.1 Å². The average Bonchev–Trinajstić information content (AvgIpc) is 3.44. The monoisotopic (exact) mass is 382 g/mol. The lowest BCUT2D eigenvalue weighted by molar-refractivity contribution is 0.0948. The van der Waals surface area contributed by atoms with Crippen molar-refractivity contribution >= 4 is 16.9 Å². The zero-order valence-corrected chi connectivity index (χ0v) is 16.0. The summed E-state index contributed by atoms with van der Waals surface area (Å²) in [7, 11) is 0. The summed E-state index contributed by atoms with van der Waals surface area (Å²) in [4.78, 5) is 17.6. The Labute approximate surface area is 162 Å². The van der Waals surface area contributed by atoms with E-state index in [1.807, 2.05) is 24.6 Å². The van der Waals surface area contributed by atoms with Crippen molar-refractivity contribution in [1.29, 1.82) is 0 Å². The van der Waals surface area contributed by atoms with Crippen molar-refractivity contribution in [2.75, 3.05) is 13.2 Å². The maximum absolute atomic E-state index is 13.6. The van der Waals surface area contributed by atoms with Gasteiger partial charge in [-0.2, -0.15) is 5.10 Å². The van der Waals surface area contributed by atoms with Crippen LogP contribution in [0.1, 0.15) is 54.7 Å². The van der Waals surface area contributed by atoms with Gasteiger partial charge in [-0.15, -0.1) is 0 Å². The van der Waals surface area contributed by atoms with Gasteiger partial charge in [0.05, 0.1) is 23.7 Å². The normalized spacial score (nSPS) is 13.9. The molecular weight excluding hydrogens is 359 g/mol. The van der Waals surface area contributed by atoms with Gasteiger partial charge >= 0.3 is 0 Å². The summed E-state index contributed by atoms with van der Waals surface area (Å²) in [6.07, 6.45) is 3.90. The number of halogens is 1. The van der Waals surface area contributed by atoms with Gasteiger partial charge in [-0.05, 0) is 44.9 Å². The number of ether oxygens (including phenoxy) is 1. The van der Waals surface area contributed by atoms with Crippen LogP contribution in [0.4, 0.5) is 4.39 Å². The molecule has 0 radical (unpaired) electrons. The number of benzene rings is 1. The summed E-state index contributed by atoms with van der Waals surface area (Å²) in [5.74, 6) is -0.0114. The molecule has 2 aromatic heterocycles. The summed E-state index contributed by atoms with van der Waals surface area (Å²) in [6, 6.07) is 8.24.